The number of carbonyl (C=O) groups is 3. The summed E-state index contributed by atoms with van der Waals surface area (Å²) in [5, 5.41) is 5.03. The van der Waals surface area contributed by atoms with Gasteiger partial charge in [0.2, 0.25) is 0 Å². The van der Waals surface area contributed by atoms with Crippen LogP contribution in [0.1, 0.15) is 15.9 Å². The standard InChI is InChI=1S/C26H20Cl2FN3O5/c1-13-4-5-14(24(33)31-19-9-7-16(36-2)12-21(19)37-3)10-20(13)30-23-22(28)25(34)32(26(23)35)15-6-8-18(29)17(27)11-15/h4-12,30H,1-3H3,(H,31,33). The normalized spacial score (nSPS) is 13.2. The Hall–Kier alpha value is -4.08. The van der Waals surface area contributed by atoms with Gasteiger partial charge in [0.25, 0.3) is 17.7 Å². The second kappa shape index (κ2) is 10.5. The molecule has 1 heterocycles. The van der Waals surface area contributed by atoms with Crippen LogP contribution in [0.15, 0.2) is 65.3 Å². The Morgan fingerprint density at radius 1 is 0.919 bits per heavy atom. The molecule has 0 saturated heterocycles. The fraction of sp³-hybridized carbons (Fsp3) is 0.115. The zero-order chi connectivity index (χ0) is 26.9. The predicted octanol–water partition coefficient (Wildman–Crippen LogP) is 5.49. The summed E-state index contributed by atoms with van der Waals surface area (Å²) >= 11 is 12.0. The molecule has 0 saturated carbocycles. The van der Waals surface area contributed by atoms with Crippen LogP contribution in [0.2, 0.25) is 5.02 Å². The van der Waals surface area contributed by atoms with Gasteiger partial charge in [0.1, 0.15) is 28.0 Å². The molecule has 2 N–H and O–H groups in total. The molecule has 0 bridgehead atoms. The van der Waals surface area contributed by atoms with Crippen molar-refractivity contribution in [2.45, 2.75) is 6.92 Å². The molecular formula is C26H20Cl2FN3O5. The van der Waals surface area contributed by atoms with E-state index in [4.69, 9.17) is 32.7 Å². The summed E-state index contributed by atoms with van der Waals surface area (Å²) in [6, 6.07) is 13.2. The number of nitrogens with zero attached hydrogens (tertiary/aromatic N) is 1. The van der Waals surface area contributed by atoms with E-state index in [9.17, 15) is 18.8 Å². The van der Waals surface area contributed by atoms with Crippen molar-refractivity contribution in [2.75, 3.05) is 29.8 Å². The molecule has 0 aromatic heterocycles. The van der Waals surface area contributed by atoms with Gasteiger partial charge in [-0.3, -0.25) is 14.4 Å². The maximum Gasteiger partial charge on any atom is 0.283 e. The largest absolute Gasteiger partial charge is 0.497 e. The molecule has 1 aliphatic heterocycles. The predicted molar refractivity (Wildman–Crippen MR) is 139 cm³/mol. The summed E-state index contributed by atoms with van der Waals surface area (Å²) in [6.45, 7) is 1.75. The fourth-order valence-corrected chi connectivity index (χ4v) is 3.99. The average molecular weight is 544 g/mol. The third-order valence-corrected chi connectivity index (χ3v) is 6.25. The summed E-state index contributed by atoms with van der Waals surface area (Å²) in [4.78, 5) is 39.6. The highest BCUT2D eigenvalue weighted by atomic mass is 35.5. The zero-order valence-corrected chi connectivity index (χ0v) is 21.3. The number of anilines is 3. The molecule has 0 spiro atoms. The van der Waals surface area contributed by atoms with E-state index in [1.807, 2.05) is 0 Å². The smallest absolute Gasteiger partial charge is 0.283 e. The fourth-order valence-electron chi connectivity index (χ4n) is 3.60. The third-order valence-electron chi connectivity index (χ3n) is 5.61. The van der Waals surface area contributed by atoms with Gasteiger partial charge < -0.3 is 20.1 Å². The Bertz CT molecular complexity index is 1470. The Morgan fingerprint density at radius 2 is 1.68 bits per heavy atom. The first-order valence-corrected chi connectivity index (χ1v) is 11.5. The van der Waals surface area contributed by atoms with Gasteiger partial charge in [-0.05, 0) is 55.0 Å². The van der Waals surface area contributed by atoms with Crippen molar-refractivity contribution in [3.05, 3.63) is 87.3 Å². The minimum absolute atomic E-state index is 0.0645. The van der Waals surface area contributed by atoms with Gasteiger partial charge in [-0.1, -0.05) is 29.3 Å². The minimum Gasteiger partial charge on any atom is -0.497 e. The van der Waals surface area contributed by atoms with Crippen LogP contribution in [0, 0.1) is 12.7 Å². The molecular weight excluding hydrogens is 524 g/mol. The lowest BCUT2D eigenvalue weighted by atomic mass is 10.1. The van der Waals surface area contributed by atoms with E-state index in [2.05, 4.69) is 10.6 Å². The minimum atomic E-state index is -0.796. The van der Waals surface area contributed by atoms with Crippen LogP contribution in [-0.2, 0) is 9.59 Å². The molecule has 3 aromatic carbocycles. The number of nitrogens with one attached hydrogen (secondary N) is 2. The van der Waals surface area contributed by atoms with Crippen LogP contribution in [0.5, 0.6) is 11.5 Å². The number of methoxy groups -OCH3 is 2. The van der Waals surface area contributed by atoms with Crippen molar-refractivity contribution < 1.29 is 28.2 Å². The topological polar surface area (TPSA) is 97.0 Å². The summed E-state index contributed by atoms with van der Waals surface area (Å²) < 4.78 is 24.1. The maximum absolute atomic E-state index is 13.6. The third kappa shape index (κ3) is 5.09. The van der Waals surface area contributed by atoms with Gasteiger partial charge in [0, 0.05) is 17.3 Å². The SMILES string of the molecule is COc1ccc(NC(=O)c2ccc(C)c(NC3=C(Cl)C(=O)N(c4ccc(F)c(Cl)c4)C3=O)c2)c(OC)c1. The van der Waals surface area contributed by atoms with Gasteiger partial charge in [-0.15, -0.1) is 0 Å². The van der Waals surface area contributed by atoms with Gasteiger partial charge >= 0.3 is 0 Å². The quantitative estimate of drug-likeness (QED) is 0.382. The van der Waals surface area contributed by atoms with E-state index in [0.29, 0.717) is 28.4 Å². The van der Waals surface area contributed by atoms with E-state index >= 15 is 0 Å². The number of benzene rings is 3. The second-order valence-electron chi connectivity index (χ2n) is 7.91. The number of halogens is 3. The number of hydrogen-bond acceptors (Lipinski definition) is 6. The van der Waals surface area contributed by atoms with Crippen LogP contribution in [-0.4, -0.2) is 31.9 Å². The van der Waals surface area contributed by atoms with Crippen molar-refractivity contribution in [2.24, 2.45) is 0 Å². The number of imide groups is 1. The van der Waals surface area contributed by atoms with Crippen LogP contribution < -0.4 is 25.0 Å². The van der Waals surface area contributed by atoms with Crippen molar-refractivity contribution in [3.63, 3.8) is 0 Å². The molecule has 11 heteroatoms. The molecule has 8 nitrogen and oxygen atoms in total. The number of amides is 3. The summed E-state index contributed by atoms with van der Waals surface area (Å²) in [5.41, 5.74) is 1.63. The highest BCUT2D eigenvalue weighted by molar-refractivity contribution is 6.53. The molecule has 0 fully saturated rings. The van der Waals surface area contributed by atoms with Crippen LogP contribution in [0.4, 0.5) is 21.5 Å². The summed E-state index contributed by atoms with van der Waals surface area (Å²) in [6.07, 6.45) is 0. The van der Waals surface area contributed by atoms with Crippen molar-refractivity contribution in [1.82, 2.24) is 0 Å². The van der Waals surface area contributed by atoms with Gasteiger partial charge in [-0.2, -0.15) is 0 Å². The molecule has 0 atom stereocenters. The zero-order valence-electron chi connectivity index (χ0n) is 19.8. The van der Waals surface area contributed by atoms with E-state index < -0.39 is 23.5 Å². The van der Waals surface area contributed by atoms with E-state index in [-0.39, 0.29) is 27.0 Å². The Balaban J connectivity index is 1.58. The van der Waals surface area contributed by atoms with Crippen molar-refractivity contribution in [3.8, 4) is 11.5 Å². The van der Waals surface area contributed by atoms with Gasteiger partial charge in [0.15, 0.2) is 0 Å². The molecule has 3 amide bonds. The highest BCUT2D eigenvalue weighted by Gasteiger charge is 2.39. The summed E-state index contributed by atoms with van der Waals surface area (Å²) in [7, 11) is 2.99. The van der Waals surface area contributed by atoms with Gasteiger partial charge in [-0.25, -0.2) is 9.29 Å². The first-order chi connectivity index (χ1) is 17.6. The second-order valence-corrected chi connectivity index (χ2v) is 8.69. The number of rotatable bonds is 7. The molecule has 190 valence electrons. The molecule has 0 radical (unpaired) electrons. The monoisotopic (exact) mass is 543 g/mol. The number of hydrogen-bond donors (Lipinski definition) is 2. The molecule has 3 aromatic rings. The molecule has 0 aliphatic carbocycles. The average Bonchev–Trinajstić information content (AvgIpc) is 3.10. The van der Waals surface area contributed by atoms with Crippen molar-refractivity contribution in [1.29, 1.82) is 0 Å². The van der Waals surface area contributed by atoms with E-state index in [0.717, 1.165) is 17.0 Å². The number of aryl methyl sites for hydroxylation is 1. The van der Waals surface area contributed by atoms with Gasteiger partial charge in [0.05, 0.1) is 30.6 Å². The number of ether oxygens (including phenoxy) is 2. The van der Waals surface area contributed by atoms with Crippen LogP contribution >= 0.6 is 23.2 Å². The lowest BCUT2D eigenvalue weighted by molar-refractivity contribution is -0.120. The Kier molecular flexibility index (Phi) is 7.37. The first kappa shape index (κ1) is 26.0. The van der Waals surface area contributed by atoms with E-state index in [1.54, 1.807) is 37.3 Å². The lowest BCUT2D eigenvalue weighted by Gasteiger charge is -2.16. The van der Waals surface area contributed by atoms with E-state index in [1.165, 1.54) is 26.4 Å². The molecule has 4 rings (SSSR count). The molecule has 0 unspecified atom stereocenters. The highest BCUT2D eigenvalue weighted by Crippen LogP contribution is 2.33. The molecule has 37 heavy (non-hydrogen) atoms. The lowest BCUT2D eigenvalue weighted by Crippen LogP contribution is -2.32. The first-order valence-electron chi connectivity index (χ1n) is 10.8. The Labute approximate surface area is 221 Å². The van der Waals surface area contributed by atoms with Crippen LogP contribution in [0.3, 0.4) is 0 Å². The van der Waals surface area contributed by atoms with Crippen LogP contribution in [0.25, 0.3) is 0 Å². The number of carbonyl (C=O) groups excluding carboxylic acids is 3. The summed E-state index contributed by atoms with van der Waals surface area (Å²) in [5.74, 6) is -1.71. The maximum atomic E-state index is 13.6. The molecule has 1 aliphatic rings. The van der Waals surface area contributed by atoms with Crippen molar-refractivity contribution >= 4 is 58.0 Å². The Morgan fingerprint density at radius 3 is 2.35 bits per heavy atom.